The number of benzene rings is 1. The number of hydrogen-bond donors (Lipinski definition) is 1. The molecule has 2 aromatic rings. The lowest BCUT2D eigenvalue weighted by Gasteiger charge is -2.10. The van der Waals surface area contributed by atoms with Crippen molar-refractivity contribution in [1.82, 2.24) is 4.98 Å². The van der Waals surface area contributed by atoms with E-state index in [4.69, 9.17) is 9.47 Å². The van der Waals surface area contributed by atoms with E-state index in [-0.39, 0.29) is 12.3 Å². The maximum Gasteiger partial charge on any atom is 0.228 e. The zero-order valence-electron chi connectivity index (χ0n) is 12.3. The fourth-order valence-electron chi connectivity index (χ4n) is 2.00. The Kier molecular flexibility index (Phi) is 4.77. The van der Waals surface area contributed by atoms with Crippen molar-refractivity contribution >= 4 is 11.6 Å². The first-order valence-electron chi connectivity index (χ1n) is 6.55. The highest BCUT2D eigenvalue weighted by Crippen LogP contribution is 2.27. The summed E-state index contributed by atoms with van der Waals surface area (Å²) in [5.41, 5.74) is 2.55. The molecule has 0 unspecified atom stereocenters. The lowest BCUT2D eigenvalue weighted by atomic mass is 10.1. The van der Waals surface area contributed by atoms with Gasteiger partial charge in [0, 0.05) is 6.20 Å². The maximum atomic E-state index is 12.0. The predicted molar refractivity (Wildman–Crippen MR) is 80.9 cm³/mol. The monoisotopic (exact) mass is 286 g/mol. The van der Waals surface area contributed by atoms with Gasteiger partial charge in [-0.1, -0.05) is 6.07 Å². The second-order valence-corrected chi connectivity index (χ2v) is 4.67. The van der Waals surface area contributed by atoms with Crippen LogP contribution < -0.4 is 14.8 Å². The summed E-state index contributed by atoms with van der Waals surface area (Å²) < 4.78 is 10.4. The summed E-state index contributed by atoms with van der Waals surface area (Å²) in [5, 5.41) is 2.82. The number of carbonyl (C=O) groups excluding carboxylic acids is 1. The van der Waals surface area contributed by atoms with Crippen molar-refractivity contribution in [3.8, 4) is 11.5 Å². The second-order valence-electron chi connectivity index (χ2n) is 4.67. The summed E-state index contributed by atoms with van der Waals surface area (Å²) >= 11 is 0. The van der Waals surface area contributed by atoms with Crippen LogP contribution in [0.2, 0.25) is 0 Å². The molecule has 0 saturated heterocycles. The molecule has 21 heavy (non-hydrogen) atoms. The number of ether oxygens (including phenoxy) is 2. The highest BCUT2D eigenvalue weighted by atomic mass is 16.5. The van der Waals surface area contributed by atoms with E-state index >= 15 is 0 Å². The Hall–Kier alpha value is -2.56. The topological polar surface area (TPSA) is 60.5 Å². The molecule has 0 aliphatic rings. The number of anilines is 1. The number of hydrogen-bond acceptors (Lipinski definition) is 4. The molecule has 0 radical (unpaired) electrons. The molecule has 0 aliphatic carbocycles. The average Bonchev–Trinajstić information content (AvgIpc) is 2.47. The fraction of sp³-hybridized carbons (Fsp3) is 0.250. The first-order chi connectivity index (χ1) is 10.1. The minimum atomic E-state index is -0.102. The van der Waals surface area contributed by atoms with Crippen molar-refractivity contribution < 1.29 is 14.3 Å². The SMILES string of the molecule is COc1ccc(CC(=O)Nc2cncc(C)c2)cc1OC. The molecule has 1 aromatic heterocycles. The van der Waals surface area contributed by atoms with Crippen molar-refractivity contribution in [3.63, 3.8) is 0 Å². The van der Waals surface area contributed by atoms with Gasteiger partial charge >= 0.3 is 0 Å². The van der Waals surface area contributed by atoms with E-state index in [1.54, 1.807) is 38.7 Å². The Morgan fingerprint density at radius 2 is 1.90 bits per heavy atom. The van der Waals surface area contributed by atoms with E-state index < -0.39 is 0 Å². The molecular weight excluding hydrogens is 268 g/mol. The Morgan fingerprint density at radius 3 is 2.57 bits per heavy atom. The van der Waals surface area contributed by atoms with E-state index in [2.05, 4.69) is 10.3 Å². The Labute approximate surface area is 123 Å². The van der Waals surface area contributed by atoms with E-state index in [0.29, 0.717) is 17.2 Å². The predicted octanol–water partition coefficient (Wildman–Crippen LogP) is 2.59. The molecule has 0 fully saturated rings. The number of pyridine rings is 1. The van der Waals surface area contributed by atoms with Crippen LogP contribution in [0.25, 0.3) is 0 Å². The summed E-state index contributed by atoms with van der Waals surface area (Å²) in [6.07, 6.45) is 3.62. The highest BCUT2D eigenvalue weighted by Gasteiger charge is 2.09. The number of methoxy groups -OCH3 is 2. The Bertz CT molecular complexity index is 641. The summed E-state index contributed by atoms with van der Waals surface area (Å²) in [5.74, 6) is 1.15. The molecule has 0 bridgehead atoms. The molecule has 1 N–H and O–H groups in total. The van der Waals surface area contributed by atoms with Crippen LogP contribution in [0.3, 0.4) is 0 Å². The molecule has 0 atom stereocenters. The highest BCUT2D eigenvalue weighted by molar-refractivity contribution is 5.92. The van der Waals surface area contributed by atoms with Crippen LogP contribution in [0.1, 0.15) is 11.1 Å². The molecule has 5 heteroatoms. The van der Waals surface area contributed by atoms with Crippen LogP contribution in [0.4, 0.5) is 5.69 Å². The molecular formula is C16H18N2O3. The standard InChI is InChI=1S/C16H18N2O3/c1-11-6-13(10-17-9-11)18-16(19)8-12-4-5-14(20-2)15(7-12)21-3/h4-7,9-10H,8H2,1-3H3,(H,18,19). The second kappa shape index (κ2) is 6.74. The first kappa shape index (κ1) is 14.8. The summed E-state index contributed by atoms with van der Waals surface area (Å²) in [6.45, 7) is 1.93. The molecule has 0 aliphatic heterocycles. The third kappa shape index (κ3) is 3.95. The van der Waals surface area contributed by atoms with E-state index in [1.165, 1.54) is 0 Å². The van der Waals surface area contributed by atoms with Crippen LogP contribution >= 0.6 is 0 Å². The van der Waals surface area contributed by atoms with Gasteiger partial charge in [0.25, 0.3) is 0 Å². The molecule has 110 valence electrons. The Balaban J connectivity index is 2.06. The lowest BCUT2D eigenvalue weighted by Crippen LogP contribution is -2.14. The van der Waals surface area contributed by atoms with Crippen LogP contribution in [0.5, 0.6) is 11.5 Å². The molecule has 0 saturated carbocycles. The number of aromatic nitrogens is 1. The molecule has 2 rings (SSSR count). The van der Waals surface area contributed by atoms with Gasteiger partial charge < -0.3 is 14.8 Å². The Morgan fingerprint density at radius 1 is 1.14 bits per heavy atom. The number of nitrogens with zero attached hydrogens (tertiary/aromatic N) is 1. The minimum Gasteiger partial charge on any atom is -0.493 e. The van der Waals surface area contributed by atoms with Crippen molar-refractivity contribution in [2.75, 3.05) is 19.5 Å². The molecule has 1 aromatic carbocycles. The minimum absolute atomic E-state index is 0.102. The summed E-state index contributed by atoms with van der Waals surface area (Å²) in [4.78, 5) is 16.1. The fourth-order valence-corrected chi connectivity index (χ4v) is 2.00. The van der Waals surface area contributed by atoms with E-state index in [1.807, 2.05) is 19.1 Å². The number of carbonyl (C=O) groups is 1. The molecule has 1 amide bonds. The third-order valence-corrected chi connectivity index (χ3v) is 2.97. The number of nitrogens with one attached hydrogen (secondary N) is 1. The zero-order valence-corrected chi connectivity index (χ0v) is 12.3. The van der Waals surface area contributed by atoms with Crippen LogP contribution in [-0.2, 0) is 11.2 Å². The van der Waals surface area contributed by atoms with Gasteiger partial charge in [0.05, 0.1) is 32.5 Å². The average molecular weight is 286 g/mol. The normalized spacial score (nSPS) is 10.0. The molecule has 1 heterocycles. The maximum absolute atomic E-state index is 12.0. The molecule has 5 nitrogen and oxygen atoms in total. The van der Waals surface area contributed by atoms with Crippen LogP contribution in [0.15, 0.2) is 36.7 Å². The molecule has 0 spiro atoms. The smallest absolute Gasteiger partial charge is 0.228 e. The van der Waals surface area contributed by atoms with Gasteiger partial charge in [-0.3, -0.25) is 9.78 Å². The van der Waals surface area contributed by atoms with Crippen molar-refractivity contribution in [3.05, 3.63) is 47.8 Å². The van der Waals surface area contributed by atoms with E-state index in [9.17, 15) is 4.79 Å². The van der Waals surface area contributed by atoms with Crippen molar-refractivity contribution in [1.29, 1.82) is 0 Å². The van der Waals surface area contributed by atoms with Crippen molar-refractivity contribution in [2.24, 2.45) is 0 Å². The van der Waals surface area contributed by atoms with Gasteiger partial charge in [0.2, 0.25) is 5.91 Å². The largest absolute Gasteiger partial charge is 0.493 e. The summed E-state index contributed by atoms with van der Waals surface area (Å²) in [7, 11) is 3.15. The number of aryl methyl sites for hydroxylation is 1. The third-order valence-electron chi connectivity index (χ3n) is 2.97. The van der Waals surface area contributed by atoms with Crippen LogP contribution in [0, 0.1) is 6.92 Å². The van der Waals surface area contributed by atoms with Gasteiger partial charge in [0.15, 0.2) is 11.5 Å². The van der Waals surface area contributed by atoms with Gasteiger partial charge in [-0.05, 0) is 36.2 Å². The van der Waals surface area contributed by atoms with E-state index in [0.717, 1.165) is 11.1 Å². The quantitative estimate of drug-likeness (QED) is 0.917. The summed E-state index contributed by atoms with van der Waals surface area (Å²) in [6, 6.07) is 7.30. The first-order valence-corrected chi connectivity index (χ1v) is 6.55. The van der Waals surface area contributed by atoms with Gasteiger partial charge in [0.1, 0.15) is 0 Å². The van der Waals surface area contributed by atoms with Gasteiger partial charge in [-0.25, -0.2) is 0 Å². The lowest BCUT2D eigenvalue weighted by molar-refractivity contribution is -0.115. The van der Waals surface area contributed by atoms with Crippen molar-refractivity contribution in [2.45, 2.75) is 13.3 Å². The van der Waals surface area contributed by atoms with Gasteiger partial charge in [-0.15, -0.1) is 0 Å². The number of rotatable bonds is 5. The van der Waals surface area contributed by atoms with Gasteiger partial charge in [-0.2, -0.15) is 0 Å². The van der Waals surface area contributed by atoms with Crippen LogP contribution in [-0.4, -0.2) is 25.1 Å². The zero-order chi connectivity index (χ0) is 15.2. The number of amides is 1.